The molecule has 0 aliphatic carbocycles. The third-order valence-electron chi connectivity index (χ3n) is 7.98. The largest absolute Gasteiger partial charge is 0.507 e. The van der Waals surface area contributed by atoms with Gasteiger partial charge in [-0.05, 0) is 67.4 Å². The lowest BCUT2D eigenvalue weighted by Crippen LogP contribution is -2.59. The van der Waals surface area contributed by atoms with Gasteiger partial charge in [-0.3, -0.25) is 9.47 Å². The van der Waals surface area contributed by atoms with Crippen molar-refractivity contribution in [2.45, 2.75) is 18.4 Å². The van der Waals surface area contributed by atoms with Crippen LogP contribution in [0, 0.1) is 5.82 Å². The molecule has 0 amide bonds. The van der Waals surface area contributed by atoms with Gasteiger partial charge in [0, 0.05) is 61.9 Å². The van der Waals surface area contributed by atoms with Crippen molar-refractivity contribution in [3.05, 3.63) is 82.4 Å². The van der Waals surface area contributed by atoms with Gasteiger partial charge in [0.05, 0.1) is 10.7 Å². The van der Waals surface area contributed by atoms with Gasteiger partial charge in [0.15, 0.2) is 0 Å². The molecule has 2 aromatic heterocycles. The standard InChI is InChI=1S/C28H27ClFN5O2/c1-32-11-12-35(27(32)37)24-4-3-18(13-23(24)29)21-15-20(30)16-22(26(21)36)19-5-8-31-25(14-19)34-10-7-28(17-34)6-9-33(28)2/h3-5,8,11-16,36H,6-7,9-10,17H2,1-2H3. The number of aryl methyl sites for hydroxylation is 1. The topological polar surface area (TPSA) is 66.5 Å². The average Bonchev–Trinajstić information content (AvgIpc) is 3.50. The van der Waals surface area contributed by atoms with Crippen molar-refractivity contribution in [2.75, 3.05) is 31.6 Å². The number of phenols is 1. The van der Waals surface area contributed by atoms with Crippen molar-refractivity contribution in [1.29, 1.82) is 0 Å². The predicted octanol–water partition coefficient (Wildman–Crippen LogP) is 4.69. The molecule has 2 aliphatic rings. The fraction of sp³-hybridized carbons (Fsp3) is 0.286. The third kappa shape index (κ3) is 3.91. The SMILES string of the molecule is CN1CCC12CCN(c1cc(-c3cc(F)cc(-c4ccc(-n5ccn(C)c5=O)c(Cl)c4)c3O)ccn1)C2. The first-order valence-electron chi connectivity index (χ1n) is 12.3. The van der Waals surface area contributed by atoms with Crippen LogP contribution in [0.25, 0.3) is 27.9 Å². The van der Waals surface area contributed by atoms with Gasteiger partial charge in [0.2, 0.25) is 0 Å². The Balaban J connectivity index is 1.35. The number of hydrogen-bond acceptors (Lipinski definition) is 5. The van der Waals surface area contributed by atoms with E-state index in [1.54, 1.807) is 49.9 Å². The Labute approximate surface area is 219 Å². The Morgan fingerprint density at radius 3 is 2.32 bits per heavy atom. The highest BCUT2D eigenvalue weighted by Gasteiger charge is 2.47. The summed E-state index contributed by atoms with van der Waals surface area (Å²) in [6.45, 7) is 2.94. The fourth-order valence-electron chi connectivity index (χ4n) is 5.53. The van der Waals surface area contributed by atoms with Gasteiger partial charge in [0.25, 0.3) is 0 Å². The fourth-order valence-corrected chi connectivity index (χ4v) is 5.81. The molecule has 190 valence electrons. The Morgan fingerprint density at radius 1 is 1.00 bits per heavy atom. The van der Waals surface area contributed by atoms with Crippen molar-refractivity contribution in [1.82, 2.24) is 19.0 Å². The normalized spacial score (nSPS) is 19.5. The molecule has 6 rings (SSSR count). The Kier molecular flexibility index (Phi) is 5.62. The molecule has 2 saturated heterocycles. The minimum atomic E-state index is -0.475. The van der Waals surface area contributed by atoms with E-state index in [1.165, 1.54) is 27.7 Å². The number of benzene rings is 2. The predicted molar refractivity (Wildman–Crippen MR) is 143 cm³/mol. The number of aromatic nitrogens is 3. The number of anilines is 1. The van der Waals surface area contributed by atoms with Crippen LogP contribution in [-0.4, -0.2) is 56.3 Å². The molecule has 1 unspecified atom stereocenters. The molecular formula is C28H27ClFN5O2. The highest BCUT2D eigenvalue weighted by atomic mass is 35.5. The van der Waals surface area contributed by atoms with E-state index >= 15 is 0 Å². The van der Waals surface area contributed by atoms with E-state index in [9.17, 15) is 14.3 Å². The highest BCUT2D eigenvalue weighted by molar-refractivity contribution is 6.32. The van der Waals surface area contributed by atoms with E-state index in [1.807, 2.05) is 6.07 Å². The van der Waals surface area contributed by atoms with Crippen LogP contribution in [0.1, 0.15) is 12.8 Å². The third-order valence-corrected chi connectivity index (χ3v) is 8.28. The maximum Gasteiger partial charge on any atom is 0.332 e. The maximum atomic E-state index is 14.9. The molecule has 0 saturated carbocycles. The molecule has 1 spiro atoms. The zero-order valence-electron chi connectivity index (χ0n) is 20.7. The molecule has 4 heterocycles. The number of hydrogen-bond donors (Lipinski definition) is 1. The van der Waals surface area contributed by atoms with E-state index in [4.69, 9.17) is 11.6 Å². The van der Waals surface area contributed by atoms with Crippen LogP contribution in [0.4, 0.5) is 10.2 Å². The van der Waals surface area contributed by atoms with Crippen LogP contribution >= 0.6 is 11.6 Å². The van der Waals surface area contributed by atoms with E-state index in [2.05, 4.69) is 21.8 Å². The van der Waals surface area contributed by atoms with Gasteiger partial charge in [-0.1, -0.05) is 17.7 Å². The van der Waals surface area contributed by atoms with E-state index < -0.39 is 5.82 Å². The molecule has 9 heteroatoms. The van der Waals surface area contributed by atoms with E-state index in [0.717, 1.165) is 31.9 Å². The first-order valence-corrected chi connectivity index (χ1v) is 12.6. The number of rotatable bonds is 4. The Bertz CT molecular complexity index is 1580. The molecule has 0 bridgehead atoms. The van der Waals surface area contributed by atoms with Crippen LogP contribution < -0.4 is 10.6 Å². The number of likely N-dealkylation sites (N-methyl/N-ethyl adjacent to an activating group) is 1. The minimum Gasteiger partial charge on any atom is -0.507 e. The number of likely N-dealkylation sites (tertiary alicyclic amines) is 1. The lowest BCUT2D eigenvalue weighted by atomic mass is 9.85. The van der Waals surface area contributed by atoms with Crippen LogP contribution in [0.3, 0.4) is 0 Å². The maximum absolute atomic E-state index is 14.9. The van der Waals surface area contributed by atoms with Gasteiger partial charge in [-0.25, -0.2) is 14.2 Å². The Hall–Kier alpha value is -3.62. The van der Waals surface area contributed by atoms with Gasteiger partial charge in [0.1, 0.15) is 17.4 Å². The monoisotopic (exact) mass is 519 g/mol. The smallest absolute Gasteiger partial charge is 0.332 e. The lowest BCUT2D eigenvalue weighted by Gasteiger charge is -2.48. The number of phenolic OH excluding ortho intramolecular Hbond substituents is 1. The summed E-state index contributed by atoms with van der Waals surface area (Å²) < 4.78 is 17.7. The zero-order chi connectivity index (χ0) is 25.9. The summed E-state index contributed by atoms with van der Waals surface area (Å²) in [4.78, 5) is 21.6. The van der Waals surface area contributed by atoms with Gasteiger partial charge in [-0.15, -0.1) is 0 Å². The van der Waals surface area contributed by atoms with Crippen molar-refractivity contribution in [3.63, 3.8) is 0 Å². The van der Waals surface area contributed by atoms with E-state index in [-0.39, 0.29) is 17.0 Å². The molecule has 1 N–H and O–H groups in total. The summed E-state index contributed by atoms with van der Waals surface area (Å²) in [5, 5.41) is 11.6. The highest BCUT2D eigenvalue weighted by Crippen LogP contribution is 2.42. The first-order chi connectivity index (χ1) is 17.8. The van der Waals surface area contributed by atoms with Crippen LogP contribution in [-0.2, 0) is 7.05 Å². The second-order valence-electron chi connectivity index (χ2n) is 10.0. The first kappa shape index (κ1) is 23.8. The number of nitrogens with zero attached hydrogens (tertiary/aromatic N) is 5. The lowest BCUT2D eigenvalue weighted by molar-refractivity contribution is 0.0307. The summed E-state index contributed by atoms with van der Waals surface area (Å²) in [7, 11) is 3.82. The molecule has 2 aromatic carbocycles. The number of imidazole rings is 1. The molecule has 1 atom stereocenters. The number of halogens is 2. The van der Waals surface area contributed by atoms with Crippen LogP contribution in [0.15, 0.2) is 65.8 Å². The van der Waals surface area contributed by atoms with Crippen LogP contribution in [0.2, 0.25) is 5.02 Å². The average molecular weight is 520 g/mol. The summed E-state index contributed by atoms with van der Waals surface area (Å²) >= 11 is 6.53. The van der Waals surface area contributed by atoms with Gasteiger partial charge < -0.3 is 14.6 Å². The second kappa shape index (κ2) is 8.75. The van der Waals surface area contributed by atoms with Crippen LogP contribution in [0.5, 0.6) is 5.75 Å². The summed E-state index contributed by atoms with van der Waals surface area (Å²) in [5.41, 5.74) is 2.43. The van der Waals surface area contributed by atoms with E-state index in [0.29, 0.717) is 33.0 Å². The van der Waals surface area contributed by atoms with Gasteiger partial charge >= 0.3 is 5.69 Å². The van der Waals surface area contributed by atoms with Crippen molar-refractivity contribution in [3.8, 4) is 33.7 Å². The molecule has 2 fully saturated rings. The summed E-state index contributed by atoms with van der Waals surface area (Å²) in [5.74, 6) is 0.299. The van der Waals surface area contributed by atoms with Crippen molar-refractivity contribution < 1.29 is 9.50 Å². The number of aromatic hydroxyl groups is 1. The zero-order valence-corrected chi connectivity index (χ0v) is 21.4. The molecule has 4 aromatic rings. The second-order valence-corrected chi connectivity index (χ2v) is 10.5. The summed E-state index contributed by atoms with van der Waals surface area (Å²) in [6, 6.07) is 11.4. The Morgan fingerprint density at radius 2 is 1.73 bits per heavy atom. The van der Waals surface area contributed by atoms with Crippen molar-refractivity contribution >= 4 is 17.4 Å². The molecule has 2 aliphatic heterocycles. The number of pyridine rings is 1. The minimum absolute atomic E-state index is 0.0455. The molecule has 0 radical (unpaired) electrons. The molecule has 37 heavy (non-hydrogen) atoms. The summed E-state index contributed by atoms with van der Waals surface area (Å²) in [6.07, 6.45) is 7.26. The van der Waals surface area contributed by atoms with Crippen molar-refractivity contribution in [2.24, 2.45) is 7.05 Å². The van der Waals surface area contributed by atoms with Gasteiger partial charge in [-0.2, -0.15) is 0 Å². The molecule has 7 nitrogen and oxygen atoms in total. The quantitative estimate of drug-likeness (QED) is 0.424. The molecular weight excluding hydrogens is 493 g/mol.